The minimum absolute atomic E-state index is 0.160. The Morgan fingerprint density at radius 1 is 1.09 bits per heavy atom. The SMILES string of the molecule is CCOc1ccccc1N(CCCC(=O)N[C@@H](C)c1cc(OC)ccc1OC)S(C)(=O)=O. The van der Waals surface area contributed by atoms with E-state index >= 15 is 0 Å². The quantitative estimate of drug-likeness (QED) is 0.517. The fourth-order valence-corrected chi connectivity index (χ4v) is 4.33. The van der Waals surface area contributed by atoms with Crippen LogP contribution in [0.25, 0.3) is 0 Å². The molecule has 0 aliphatic heterocycles. The first kappa shape index (κ1) is 25.3. The number of anilines is 1. The average molecular weight is 465 g/mol. The largest absolute Gasteiger partial charge is 0.497 e. The van der Waals surface area contributed by atoms with Crippen LogP contribution < -0.4 is 23.8 Å². The summed E-state index contributed by atoms with van der Waals surface area (Å²) in [6.07, 6.45) is 1.66. The Balaban J connectivity index is 2.04. The number of nitrogens with one attached hydrogen (secondary N) is 1. The summed E-state index contributed by atoms with van der Waals surface area (Å²) in [6.45, 7) is 4.27. The van der Waals surface area contributed by atoms with Crippen molar-refractivity contribution in [1.82, 2.24) is 5.32 Å². The van der Waals surface area contributed by atoms with Crippen molar-refractivity contribution < 1.29 is 27.4 Å². The first-order chi connectivity index (χ1) is 15.2. The van der Waals surface area contributed by atoms with Crippen LogP contribution in [0.5, 0.6) is 17.2 Å². The monoisotopic (exact) mass is 464 g/mol. The van der Waals surface area contributed by atoms with E-state index in [-0.39, 0.29) is 24.9 Å². The van der Waals surface area contributed by atoms with Gasteiger partial charge in [0.1, 0.15) is 17.2 Å². The van der Waals surface area contributed by atoms with Gasteiger partial charge in [-0.25, -0.2) is 8.42 Å². The maximum atomic E-state index is 12.5. The van der Waals surface area contributed by atoms with Crippen LogP contribution in [0.1, 0.15) is 38.3 Å². The highest BCUT2D eigenvalue weighted by Crippen LogP contribution is 2.31. The lowest BCUT2D eigenvalue weighted by Crippen LogP contribution is -2.33. The molecule has 0 fully saturated rings. The van der Waals surface area contributed by atoms with Gasteiger partial charge in [0.05, 0.1) is 38.8 Å². The second-order valence-electron chi connectivity index (χ2n) is 7.24. The number of nitrogens with zero attached hydrogens (tertiary/aromatic N) is 1. The van der Waals surface area contributed by atoms with Crippen molar-refractivity contribution in [2.45, 2.75) is 32.7 Å². The molecule has 0 aliphatic carbocycles. The Hall–Kier alpha value is -2.94. The summed E-state index contributed by atoms with van der Waals surface area (Å²) in [4.78, 5) is 12.5. The van der Waals surface area contributed by atoms with Gasteiger partial charge >= 0.3 is 0 Å². The molecule has 0 saturated heterocycles. The summed E-state index contributed by atoms with van der Waals surface area (Å²) >= 11 is 0. The van der Waals surface area contributed by atoms with Crippen LogP contribution in [0.15, 0.2) is 42.5 Å². The van der Waals surface area contributed by atoms with Gasteiger partial charge < -0.3 is 19.5 Å². The van der Waals surface area contributed by atoms with Crippen molar-refractivity contribution >= 4 is 21.6 Å². The molecule has 0 aliphatic rings. The molecule has 2 aromatic carbocycles. The number of hydrogen-bond donors (Lipinski definition) is 1. The van der Waals surface area contributed by atoms with Gasteiger partial charge in [0.15, 0.2) is 0 Å². The Bertz CT molecular complexity index is 1010. The number of rotatable bonds is 12. The topological polar surface area (TPSA) is 94.2 Å². The molecular formula is C23H32N2O6S. The van der Waals surface area contributed by atoms with Gasteiger partial charge in [0, 0.05) is 18.5 Å². The maximum Gasteiger partial charge on any atom is 0.232 e. The molecule has 8 nitrogen and oxygen atoms in total. The number of benzene rings is 2. The molecule has 1 atom stereocenters. The van der Waals surface area contributed by atoms with Crippen LogP contribution >= 0.6 is 0 Å². The molecular weight excluding hydrogens is 432 g/mol. The van der Waals surface area contributed by atoms with E-state index in [4.69, 9.17) is 14.2 Å². The summed E-state index contributed by atoms with van der Waals surface area (Å²) < 4.78 is 42.3. The lowest BCUT2D eigenvalue weighted by atomic mass is 10.1. The van der Waals surface area contributed by atoms with Crippen LogP contribution in [0.4, 0.5) is 5.69 Å². The van der Waals surface area contributed by atoms with Crippen molar-refractivity contribution in [1.29, 1.82) is 0 Å². The normalized spacial score (nSPS) is 12.0. The van der Waals surface area contributed by atoms with E-state index in [2.05, 4.69) is 5.32 Å². The fraction of sp³-hybridized carbons (Fsp3) is 0.435. The van der Waals surface area contributed by atoms with Crippen molar-refractivity contribution in [3.8, 4) is 17.2 Å². The Labute approximate surface area is 190 Å². The number of hydrogen-bond acceptors (Lipinski definition) is 6. The Morgan fingerprint density at radius 2 is 1.81 bits per heavy atom. The van der Waals surface area contributed by atoms with Gasteiger partial charge in [0.2, 0.25) is 15.9 Å². The Kier molecular flexibility index (Phi) is 9.19. The minimum atomic E-state index is -3.55. The molecule has 0 radical (unpaired) electrons. The first-order valence-electron chi connectivity index (χ1n) is 10.4. The molecule has 0 spiro atoms. The minimum Gasteiger partial charge on any atom is -0.497 e. The van der Waals surface area contributed by atoms with Gasteiger partial charge in [-0.05, 0) is 50.6 Å². The second-order valence-corrected chi connectivity index (χ2v) is 9.14. The number of amides is 1. The molecule has 9 heteroatoms. The predicted molar refractivity (Wildman–Crippen MR) is 125 cm³/mol. The van der Waals surface area contributed by atoms with E-state index < -0.39 is 10.0 Å². The van der Waals surface area contributed by atoms with E-state index in [1.165, 1.54) is 4.31 Å². The number of carbonyl (C=O) groups excluding carboxylic acids is 1. The van der Waals surface area contributed by atoms with Gasteiger partial charge in [-0.2, -0.15) is 0 Å². The predicted octanol–water partition coefficient (Wildman–Crippen LogP) is 3.53. The van der Waals surface area contributed by atoms with E-state index in [1.807, 2.05) is 19.9 Å². The molecule has 176 valence electrons. The van der Waals surface area contributed by atoms with E-state index in [0.717, 1.165) is 11.8 Å². The highest BCUT2D eigenvalue weighted by atomic mass is 32.2. The van der Waals surface area contributed by atoms with Crippen LogP contribution in [0.2, 0.25) is 0 Å². The summed E-state index contributed by atoms with van der Waals surface area (Å²) in [7, 11) is -0.404. The van der Waals surface area contributed by atoms with Crippen LogP contribution in [-0.4, -0.2) is 48.0 Å². The van der Waals surface area contributed by atoms with Crippen molar-refractivity contribution in [2.75, 3.05) is 37.9 Å². The van der Waals surface area contributed by atoms with E-state index in [9.17, 15) is 13.2 Å². The number of methoxy groups -OCH3 is 2. The molecule has 0 aromatic heterocycles. The maximum absolute atomic E-state index is 12.5. The van der Waals surface area contributed by atoms with Crippen molar-refractivity contribution in [3.63, 3.8) is 0 Å². The molecule has 1 N–H and O–H groups in total. The van der Waals surface area contributed by atoms with Crippen molar-refractivity contribution in [2.24, 2.45) is 0 Å². The van der Waals surface area contributed by atoms with Crippen LogP contribution in [-0.2, 0) is 14.8 Å². The third-order valence-electron chi connectivity index (χ3n) is 4.88. The van der Waals surface area contributed by atoms with Crippen LogP contribution in [0.3, 0.4) is 0 Å². The van der Waals surface area contributed by atoms with Gasteiger partial charge in [-0.15, -0.1) is 0 Å². The molecule has 0 unspecified atom stereocenters. The molecule has 0 bridgehead atoms. The number of sulfonamides is 1. The first-order valence-corrected chi connectivity index (χ1v) is 12.3. The third-order valence-corrected chi connectivity index (χ3v) is 6.06. The lowest BCUT2D eigenvalue weighted by molar-refractivity contribution is -0.121. The van der Waals surface area contributed by atoms with Crippen molar-refractivity contribution in [3.05, 3.63) is 48.0 Å². The molecule has 1 amide bonds. The molecule has 2 aromatic rings. The molecule has 2 rings (SSSR count). The summed E-state index contributed by atoms with van der Waals surface area (Å²) in [5.41, 5.74) is 1.26. The zero-order valence-corrected chi connectivity index (χ0v) is 20.1. The highest BCUT2D eigenvalue weighted by molar-refractivity contribution is 7.92. The van der Waals surface area contributed by atoms with E-state index in [1.54, 1.807) is 50.6 Å². The zero-order valence-electron chi connectivity index (χ0n) is 19.3. The van der Waals surface area contributed by atoms with Gasteiger partial charge in [-0.3, -0.25) is 9.10 Å². The zero-order chi connectivity index (χ0) is 23.7. The lowest BCUT2D eigenvalue weighted by Gasteiger charge is -2.24. The fourth-order valence-electron chi connectivity index (χ4n) is 3.36. The van der Waals surface area contributed by atoms with Gasteiger partial charge in [0.25, 0.3) is 0 Å². The summed E-state index contributed by atoms with van der Waals surface area (Å²) in [5, 5.41) is 2.94. The smallest absolute Gasteiger partial charge is 0.232 e. The van der Waals surface area contributed by atoms with Crippen LogP contribution in [0, 0.1) is 0 Å². The van der Waals surface area contributed by atoms with Gasteiger partial charge in [-0.1, -0.05) is 12.1 Å². The average Bonchev–Trinajstić information content (AvgIpc) is 2.76. The molecule has 32 heavy (non-hydrogen) atoms. The summed E-state index contributed by atoms with van der Waals surface area (Å²) in [5.74, 6) is 1.62. The standard InChI is InChI=1S/C23H32N2O6S/c1-6-31-22-11-8-7-10-20(22)25(32(5,27)28)15-9-12-23(26)24-17(2)19-16-18(29-3)13-14-21(19)30-4/h7-8,10-11,13-14,16-17H,6,9,12,15H2,1-5H3,(H,24,26)/t17-/m0/s1. The number of para-hydroxylation sites is 2. The molecule has 0 heterocycles. The summed E-state index contributed by atoms with van der Waals surface area (Å²) in [6, 6.07) is 12.1. The highest BCUT2D eigenvalue weighted by Gasteiger charge is 2.21. The Morgan fingerprint density at radius 3 is 2.44 bits per heavy atom. The second kappa shape index (κ2) is 11.6. The van der Waals surface area contributed by atoms with E-state index in [0.29, 0.717) is 36.0 Å². The third kappa shape index (κ3) is 6.78. The molecule has 0 saturated carbocycles. The number of carbonyl (C=O) groups is 1. The number of ether oxygens (including phenoxy) is 3.